The quantitative estimate of drug-likeness (QED) is 0.0817. The summed E-state index contributed by atoms with van der Waals surface area (Å²) in [5, 5.41) is 18.7. The largest absolute Gasteiger partial charge is 0.325 e. The summed E-state index contributed by atoms with van der Waals surface area (Å²) in [6.45, 7) is 0. The van der Waals surface area contributed by atoms with Gasteiger partial charge in [0.25, 0.3) is 17.5 Å². The maximum Gasteiger partial charge on any atom is 0.272 e. The van der Waals surface area contributed by atoms with Crippen LogP contribution in [0.5, 0.6) is 0 Å². The molecule has 3 N–H and O–H groups in total. The van der Waals surface area contributed by atoms with E-state index in [1.165, 1.54) is 60.3 Å². The molecular formula is C30H22ClFN4O5S. The van der Waals surface area contributed by atoms with Gasteiger partial charge in [0.15, 0.2) is 0 Å². The zero-order chi connectivity index (χ0) is 30.1. The minimum atomic E-state index is -0.707. The summed E-state index contributed by atoms with van der Waals surface area (Å²) < 4.78 is 14.5. The van der Waals surface area contributed by atoms with Gasteiger partial charge in [-0.05, 0) is 66.7 Å². The Morgan fingerprint density at radius 3 is 2.14 bits per heavy atom. The smallest absolute Gasteiger partial charge is 0.272 e. The fraction of sp³-hybridized carbons (Fsp3) is 0.0333. The Labute approximate surface area is 248 Å². The van der Waals surface area contributed by atoms with Gasteiger partial charge in [0.2, 0.25) is 5.91 Å². The second kappa shape index (κ2) is 14.1. The lowest BCUT2D eigenvalue weighted by Gasteiger charge is -2.12. The van der Waals surface area contributed by atoms with E-state index >= 15 is 0 Å². The number of nitrogens with one attached hydrogen (secondary N) is 3. The molecule has 0 heterocycles. The fourth-order valence-corrected chi connectivity index (χ4v) is 4.50. The van der Waals surface area contributed by atoms with E-state index in [1.54, 1.807) is 54.6 Å². The number of nitro groups is 1. The standard InChI is InChI=1S/C30H22ClFN4O5S/c31-25-7-4-8-26(32)24(25)17-27(35-29(38)19-5-2-1-3-6-19)30(39)34-21-11-15-23(16-12-21)42-18-28(37)33-20-9-13-22(14-10-20)36(40)41/h1-17H,18H2,(H,33,37)(H,34,39)(H,35,38)/b27-17-. The van der Waals surface area contributed by atoms with E-state index in [2.05, 4.69) is 16.0 Å². The van der Waals surface area contributed by atoms with Crippen LogP contribution in [0, 0.1) is 15.9 Å². The van der Waals surface area contributed by atoms with Crippen LogP contribution in [0.4, 0.5) is 21.5 Å². The van der Waals surface area contributed by atoms with E-state index in [1.807, 2.05) is 0 Å². The van der Waals surface area contributed by atoms with Gasteiger partial charge in [-0.25, -0.2) is 4.39 Å². The van der Waals surface area contributed by atoms with Gasteiger partial charge >= 0.3 is 0 Å². The highest BCUT2D eigenvalue weighted by molar-refractivity contribution is 8.00. The molecule has 0 unspecified atom stereocenters. The summed E-state index contributed by atoms with van der Waals surface area (Å²) in [6.07, 6.45) is 1.17. The van der Waals surface area contributed by atoms with Crippen molar-refractivity contribution in [2.45, 2.75) is 4.90 Å². The molecule has 9 nitrogen and oxygen atoms in total. The number of non-ortho nitro benzene ring substituents is 1. The van der Waals surface area contributed by atoms with Gasteiger partial charge in [-0.2, -0.15) is 0 Å². The molecule has 0 aliphatic heterocycles. The number of nitro benzene ring substituents is 1. The first kappa shape index (κ1) is 30.0. The van der Waals surface area contributed by atoms with Crippen LogP contribution < -0.4 is 16.0 Å². The lowest BCUT2D eigenvalue weighted by Crippen LogP contribution is -2.30. The second-order valence-electron chi connectivity index (χ2n) is 8.63. The molecule has 0 atom stereocenters. The zero-order valence-corrected chi connectivity index (χ0v) is 23.2. The minimum absolute atomic E-state index is 0.0589. The number of thioether (sulfide) groups is 1. The lowest BCUT2D eigenvalue weighted by atomic mass is 10.1. The van der Waals surface area contributed by atoms with Gasteiger partial charge in [-0.15, -0.1) is 11.8 Å². The third-order valence-corrected chi connectivity index (χ3v) is 7.00. The number of hydrogen-bond donors (Lipinski definition) is 3. The van der Waals surface area contributed by atoms with E-state index in [4.69, 9.17) is 11.6 Å². The van der Waals surface area contributed by atoms with Crippen molar-refractivity contribution in [3.63, 3.8) is 0 Å². The average Bonchev–Trinajstić information content (AvgIpc) is 2.98. The molecule has 0 aromatic heterocycles. The molecule has 0 fully saturated rings. The van der Waals surface area contributed by atoms with Crippen molar-refractivity contribution in [2.75, 3.05) is 16.4 Å². The molecule has 212 valence electrons. The predicted molar refractivity (Wildman–Crippen MR) is 161 cm³/mol. The first-order chi connectivity index (χ1) is 20.2. The van der Waals surface area contributed by atoms with Gasteiger partial charge in [-0.3, -0.25) is 24.5 Å². The highest BCUT2D eigenvalue weighted by Gasteiger charge is 2.17. The Bertz CT molecular complexity index is 1630. The van der Waals surface area contributed by atoms with E-state index in [0.717, 1.165) is 4.90 Å². The van der Waals surface area contributed by atoms with E-state index in [9.17, 15) is 28.9 Å². The van der Waals surface area contributed by atoms with Crippen LogP contribution in [0.25, 0.3) is 6.08 Å². The Kier molecular flexibility index (Phi) is 10.0. The number of carbonyl (C=O) groups is 3. The first-order valence-electron chi connectivity index (χ1n) is 12.3. The Morgan fingerprint density at radius 1 is 0.857 bits per heavy atom. The van der Waals surface area contributed by atoms with Crippen molar-refractivity contribution in [2.24, 2.45) is 0 Å². The zero-order valence-electron chi connectivity index (χ0n) is 21.7. The summed E-state index contributed by atoms with van der Waals surface area (Å²) in [4.78, 5) is 49.2. The lowest BCUT2D eigenvalue weighted by molar-refractivity contribution is -0.384. The minimum Gasteiger partial charge on any atom is -0.325 e. The van der Waals surface area contributed by atoms with Gasteiger partial charge in [0, 0.05) is 39.5 Å². The van der Waals surface area contributed by atoms with Crippen LogP contribution in [0.3, 0.4) is 0 Å². The highest BCUT2D eigenvalue weighted by Crippen LogP contribution is 2.24. The summed E-state index contributed by atoms with van der Waals surface area (Å²) in [6, 6.07) is 24.4. The van der Waals surface area contributed by atoms with Crippen molar-refractivity contribution in [3.05, 3.63) is 135 Å². The van der Waals surface area contributed by atoms with Crippen molar-refractivity contribution < 1.29 is 23.7 Å². The number of nitrogens with zero attached hydrogens (tertiary/aromatic N) is 1. The van der Waals surface area contributed by atoms with Crippen LogP contribution >= 0.6 is 23.4 Å². The molecule has 42 heavy (non-hydrogen) atoms. The van der Waals surface area contributed by atoms with E-state index in [0.29, 0.717) is 16.9 Å². The van der Waals surface area contributed by atoms with Crippen LogP contribution in [0.1, 0.15) is 15.9 Å². The van der Waals surface area contributed by atoms with Crippen LogP contribution in [0.2, 0.25) is 5.02 Å². The molecule has 4 aromatic carbocycles. The third-order valence-electron chi connectivity index (χ3n) is 5.66. The summed E-state index contributed by atoms with van der Waals surface area (Å²) in [5.74, 6) is -2.17. The van der Waals surface area contributed by atoms with Crippen molar-refractivity contribution >= 4 is 64.2 Å². The summed E-state index contributed by atoms with van der Waals surface area (Å²) in [7, 11) is 0. The monoisotopic (exact) mass is 604 g/mol. The molecule has 0 saturated carbocycles. The second-order valence-corrected chi connectivity index (χ2v) is 10.1. The molecule has 4 aromatic rings. The van der Waals surface area contributed by atoms with Gasteiger partial charge in [0.1, 0.15) is 11.5 Å². The number of anilines is 2. The van der Waals surface area contributed by atoms with Gasteiger partial charge < -0.3 is 16.0 Å². The van der Waals surface area contributed by atoms with Crippen LogP contribution in [-0.2, 0) is 9.59 Å². The Balaban J connectivity index is 1.41. The molecule has 0 radical (unpaired) electrons. The molecule has 0 aliphatic rings. The number of rotatable bonds is 10. The van der Waals surface area contributed by atoms with Crippen LogP contribution in [0.15, 0.2) is 108 Å². The maximum atomic E-state index is 14.5. The fourth-order valence-electron chi connectivity index (χ4n) is 3.58. The molecule has 4 rings (SSSR count). The molecule has 0 bridgehead atoms. The SMILES string of the molecule is O=C(CSc1ccc(NC(=O)/C(=C/c2c(F)cccc2Cl)NC(=O)c2ccccc2)cc1)Nc1ccc([N+](=O)[O-])cc1. The average molecular weight is 605 g/mol. The first-order valence-corrected chi connectivity index (χ1v) is 13.7. The van der Waals surface area contributed by atoms with Crippen molar-refractivity contribution in [1.82, 2.24) is 5.32 Å². The topological polar surface area (TPSA) is 130 Å². The van der Waals surface area contributed by atoms with Gasteiger partial charge in [0.05, 0.1) is 15.7 Å². The number of amides is 3. The van der Waals surface area contributed by atoms with Crippen molar-refractivity contribution in [3.8, 4) is 0 Å². The third kappa shape index (κ3) is 8.26. The number of benzene rings is 4. The molecular weight excluding hydrogens is 583 g/mol. The molecule has 3 amide bonds. The van der Waals surface area contributed by atoms with E-state index < -0.39 is 22.6 Å². The predicted octanol–water partition coefficient (Wildman–Crippen LogP) is 6.53. The van der Waals surface area contributed by atoms with Gasteiger partial charge in [-0.1, -0.05) is 35.9 Å². The van der Waals surface area contributed by atoms with E-state index in [-0.39, 0.29) is 33.6 Å². The van der Waals surface area contributed by atoms with Crippen molar-refractivity contribution in [1.29, 1.82) is 0 Å². The molecule has 0 aliphatic carbocycles. The normalized spacial score (nSPS) is 11.0. The van der Waals surface area contributed by atoms with Crippen LogP contribution in [-0.4, -0.2) is 28.4 Å². The summed E-state index contributed by atoms with van der Waals surface area (Å²) in [5.41, 5.74) is 0.763. The highest BCUT2D eigenvalue weighted by atomic mass is 35.5. The Hall–Kier alpha value is -5.00. The number of carbonyl (C=O) groups excluding carboxylic acids is 3. The molecule has 0 saturated heterocycles. The molecule has 12 heteroatoms. The molecule has 0 spiro atoms. The number of halogens is 2. The Morgan fingerprint density at radius 2 is 1.50 bits per heavy atom. The number of hydrogen-bond acceptors (Lipinski definition) is 6. The summed E-state index contributed by atoms with van der Waals surface area (Å²) >= 11 is 7.38. The maximum absolute atomic E-state index is 14.5.